The van der Waals surface area contributed by atoms with Crippen molar-refractivity contribution < 1.29 is 4.57 Å². The minimum Gasteiger partial charge on any atom is -0.103 e. The van der Waals surface area contributed by atoms with E-state index in [1.54, 1.807) is 6.08 Å². The Labute approximate surface area is 48.9 Å². The summed E-state index contributed by atoms with van der Waals surface area (Å²) >= 11 is 5.12. The van der Waals surface area contributed by atoms with Gasteiger partial charge in [-0.2, -0.15) is 0 Å². The summed E-state index contributed by atoms with van der Waals surface area (Å²) in [4.78, 5) is 0. The monoisotopic (exact) mass is 137 g/mol. The van der Waals surface area contributed by atoms with E-state index >= 15 is 0 Å². The predicted molar refractivity (Wildman–Crippen MR) is 33.1 cm³/mol. The normalized spacial score (nSPS) is 10.7. The van der Waals surface area contributed by atoms with Gasteiger partial charge in [0.05, 0.1) is 0 Å². The molecular weight excluding hydrogens is 130 g/mol. The Bertz CT molecular complexity index is 81.8. The lowest BCUT2D eigenvalue weighted by Gasteiger charge is -1.69. The summed E-state index contributed by atoms with van der Waals surface area (Å²) in [6, 6.07) is 0. The first kappa shape index (κ1) is 7.13. The highest BCUT2D eigenvalue weighted by Crippen LogP contribution is 2.26. The summed E-state index contributed by atoms with van der Waals surface area (Å²) in [7, 11) is -1.46. The number of hydrogen-bond acceptors (Lipinski definition) is 1. The van der Waals surface area contributed by atoms with Crippen LogP contribution in [0.15, 0.2) is 12.7 Å². The minimum atomic E-state index is -1.46. The second-order valence-electron chi connectivity index (χ2n) is 1.12. The molecular formula is C4H7ClOP+. The largest absolute Gasteiger partial charge is 0.455 e. The minimum absolute atomic E-state index is 0.556. The average molecular weight is 138 g/mol. The van der Waals surface area contributed by atoms with Crippen molar-refractivity contribution >= 4 is 18.4 Å². The maximum Gasteiger partial charge on any atom is 0.455 e. The van der Waals surface area contributed by atoms with E-state index < -0.39 is 7.15 Å². The molecule has 0 aromatic heterocycles. The number of halogens is 1. The van der Waals surface area contributed by atoms with Crippen LogP contribution in [-0.2, 0) is 4.57 Å². The number of rotatable bonds is 3. The maximum atomic E-state index is 10.1. The zero-order valence-corrected chi connectivity index (χ0v) is 5.58. The van der Waals surface area contributed by atoms with Gasteiger partial charge in [0.25, 0.3) is 0 Å². The van der Waals surface area contributed by atoms with Crippen molar-refractivity contribution in [1.29, 1.82) is 0 Å². The molecule has 0 saturated carbocycles. The van der Waals surface area contributed by atoms with E-state index in [1.807, 2.05) is 0 Å². The van der Waals surface area contributed by atoms with Gasteiger partial charge in [0.15, 0.2) is 6.16 Å². The molecule has 0 bridgehead atoms. The molecule has 3 heteroatoms. The van der Waals surface area contributed by atoms with Gasteiger partial charge in [-0.05, 0) is 0 Å². The number of allylic oxidation sites excluding steroid dienone is 1. The van der Waals surface area contributed by atoms with E-state index in [2.05, 4.69) is 6.58 Å². The molecule has 0 aromatic carbocycles. The SMILES string of the molecule is C=CCC[P+](=O)Cl. The molecule has 0 fully saturated rings. The van der Waals surface area contributed by atoms with Crippen LogP contribution in [0.2, 0.25) is 0 Å². The van der Waals surface area contributed by atoms with Gasteiger partial charge in [-0.1, -0.05) is 10.6 Å². The molecule has 0 rings (SSSR count). The van der Waals surface area contributed by atoms with Crippen molar-refractivity contribution in [3.05, 3.63) is 12.7 Å². The molecule has 1 atom stereocenters. The van der Waals surface area contributed by atoms with Crippen molar-refractivity contribution in [2.75, 3.05) is 6.16 Å². The van der Waals surface area contributed by atoms with Gasteiger partial charge < -0.3 is 0 Å². The Hall–Kier alpha value is 0.130. The predicted octanol–water partition coefficient (Wildman–Crippen LogP) is 2.54. The zero-order valence-electron chi connectivity index (χ0n) is 3.93. The summed E-state index contributed by atoms with van der Waals surface area (Å²) in [6.07, 6.45) is 3.01. The summed E-state index contributed by atoms with van der Waals surface area (Å²) < 4.78 is 10.1. The summed E-state index contributed by atoms with van der Waals surface area (Å²) in [5, 5.41) is 0. The Morgan fingerprint density at radius 3 is 2.57 bits per heavy atom. The van der Waals surface area contributed by atoms with E-state index in [-0.39, 0.29) is 0 Å². The molecule has 0 spiro atoms. The molecule has 0 N–H and O–H groups in total. The third kappa shape index (κ3) is 6.13. The van der Waals surface area contributed by atoms with Gasteiger partial charge in [-0.25, -0.2) is 0 Å². The molecule has 0 aliphatic carbocycles. The number of hydrogen-bond donors (Lipinski definition) is 0. The molecule has 0 saturated heterocycles. The van der Waals surface area contributed by atoms with Gasteiger partial charge in [0.1, 0.15) is 0 Å². The second-order valence-corrected chi connectivity index (χ2v) is 3.33. The Morgan fingerprint density at radius 2 is 2.43 bits per heavy atom. The Kier molecular flexibility index (Phi) is 4.37. The van der Waals surface area contributed by atoms with Gasteiger partial charge in [-0.15, -0.1) is 6.58 Å². The Balaban J connectivity index is 2.97. The Morgan fingerprint density at radius 1 is 1.86 bits per heavy atom. The lowest BCUT2D eigenvalue weighted by atomic mass is 10.5. The summed E-state index contributed by atoms with van der Waals surface area (Å²) in [5.74, 6) is 0. The first-order valence-electron chi connectivity index (χ1n) is 1.98. The molecule has 0 aliphatic rings. The topological polar surface area (TPSA) is 17.1 Å². The van der Waals surface area contributed by atoms with Crippen LogP contribution in [0.3, 0.4) is 0 Å². The van der Waals surface area contributed by atoms with Crippen LogP contribution >= 0.6 is 18.4 Å². The molecule has 0 radical (unpaired) electrons. The van der Waals surface area contributed by atoms with E-state index in [0.29, 0.717) is 6.16 Å². The fourth-order valence-corrected chi connectivity index (χ4v) is 0.871. The average Bonchev–Trinajstić information content (AvgIpc) is 1.61. The smallest absolute Gasteiger partial charge is 0.103 e. The van der Waals surface area contributed by atoms with Crippen LogP contribution in [-0.4, -0.2) is 6.16 Å². The van der Waals surface area contributed by atoms with Crippen molar-refractivity contribution in [3.63, 3.8) is 0 Å². The third-order valence-corrected chi connectivity index (χ3v) is 1.63. The molecule has 40 valence electrons. The fraction of sp³-hybridized carbons (Fsp3) is 0.500. The van der Waals surface area contributed by atoms with Crippen molar-refractivity contribution in [2.45, 2.75) is 6.42 Å². The van der Waals surface area contributed by atoms with Gasteiger partial charge in [0, 0.05) is 6.42 Å². The highest BCUT2D eigenvalue weighted by atomic mass is 35.7. The maximum absolute atomic E-state index is 10.1. The van der Waals surface area contributed by atoms with Crippen LogP contribution < -0.4 is 0 Å². The van der Waals surface area contributed by atoms with Gasteiger partial charge in [-0.3, -0.25) is 0 Å². The lowest BCUT2D eigenvalue weighted by Crippen LogP contribution is -1.65. The van der Waals surface area contributed by atoms with Crippen molar-refractivity contribution in [2.24, 2.45) is 0 Å². The zero-order chi connectivity index (χ0) is 5.70. The van der Waals surface area contributed by atoms with E-state index in [1.165, 1.54) is 0 Å². The first-order chi connectivity index (χ1) is 3.27. The van der Waals surface area contributed by atoms with Crippen LogP contribution in [0.1, 0.15) is 6.42 Å². The molecule has 0 aromatic rings. The van der Waals surface area contributed by atoms with Crippen molar-refractivity contribution in [3.8, 4) is 0 Å². The quantitative estimate of drug-likeness (QED) is 0.432. The highest BCUT2D eigenvalue weighted by molar-refractivity contribution is 7.73. The van der Waals surface area contributed by atoms with Gasteiger partial charge in [0.2, 0.25) is 11.2 Å². The molecule has 1 nitrogen and oxygen atoms in total. The van der Waals surface area contributed by atoms with E-state index in [9.17, 15) is 4.57 Å². The molecule has 1 unspecified atom stereocenters. The van der Waals surface area contributed by atoms with Gasteiger partial charge >= 0.3 is 7.15 Å². The van der Waals surface area contributed by atoms with Crippen LogP contribution in [0, 0.1) is 0 Å². The van der Waals surface area contributed by atoms with Crippen molar-refractivity contribution in [1.82, 2.24) is 0 Å². The van der Waals surface area contributed by atoms with Crippen LogP contribution in [0.4, 0.5) is 0 Å². The third-order valence-electron chi connectivity index (χ3n) is 0.509. The molecule has 0 aliphatic heterocycles. The molecule has 7 heavy (non-hydrogen) atoms. The highest BCUT2D eigenvalue weighted by Gasteiger charge is 2.05. The summed E-state index contributed by atoms with van der Waals surface area (Å²) in [6.45, 7) is 3.45. The van der Waals surface area contributed by atoms with E-state index in [4.69, 9.17) is 11.2 Å². The van der Waals surface area contributed by atoms with Crippen LogP contribution in [0.5, 0.6) is 0 Å². The summed E-state index contributed by atoms with van der Waals surface area (Å²) in [5.41, 5.74) is 0. The lowest BCUT2D eigenvalue weighted by molar-refractivity contribution is 0.595. The van der Waals surface area contributed by atoms with Crippen LogP contribution in [0.25, 0.3) is 0 Å². The first-order valence-corrected chi connectivity index (χ1v) is 4.33. The standard InChI is InChI=1S/C4H7ClOP/c1-2-3-4-7(5)6/h2H,1,3-4H2/q+1. The fourth-order valence-electron chi connectivity index (χ4n) is 0.193. The van der Waals surface area contributed by atoms with E-state index in [0.717, 1.165) is 6.42 Å². The molecule has 0 amide bonds. The molecule has 0 heterocycles. The second kappa shape index (κ2) is 4.29.